The zero-order chi connectivity index (χ0) is 8.91. The first-order valence-corrected chi connectivity index (χ1v) is 7.53. The predicted octanol–water partition coefficient (Wildman–Crippen LogP) is 2.29. The van der Waals surface area contributed by atoms with Gasteiger partial charge < -0.3 is 4.74 Å². The first kappa shape index (κ1) is 10.7. The lowest BCUT2D eigenvalue weighted by atomic mass is 10.5. The summed E-state index contributed by atoms with van der Waals surface area (Å²) < 4.78 is 5.29. The topological polar surface area (TPSA) is 9.23 Å². The second kappa shape index (κ2) is 4.58. The van der Waals surface area contributed by atoms with E-state index in [4.69, 9.17) is 4.74 Å². The fourth-order valence-corrected chi connectivity index (χ4v) is 1.11. The zero-order valence-corrected chi connectivity index (χ0v) is 9.19. The highest BCUT2D eigenvalue weighted by Gasteiger charge is 2.06. The Morgan fingerprint density at radius 3 is 2.18 bits per heavy atom. The monoisotopic (exact) mass is 170 g/mol. The summed E-state index contributed by atoms with van der Waals surface area (Å²) in [6.45, 7) is 11.3. The largest absolute Gasteiger partial charge is 0.366 e. The molecule has 0 bridgehead atoms. The quantitative estimate of drug-likeness (QED) is 0.456. The van der Waals surface area contributed by atoms with Crippen LogP contribution in [0.2, 0.25) is 19.6 Å². The van der Waals surface area contributed by atoms with Gasteiger partial charge in [0, 0.05) is 0 Å². The maximum atomic E-state index is 5.29. The van der Waals surface area contributed by atoms with Crippen molar-refractivity contribution >= 4 is 8.07 Å². The van der Waals surface area contributed by atoms with E-state index in [1.807, 2.05) is 13.8 Å². The molecule has 0 aliphatic rings. The molecule has 1 nitrogen and oxygen atoms in total. The summed E-state index contributed by atoms with van der Waals surface area (Å²) in [5.41, 5.74) is 3.24. The molecule has 0 atom stereocenters. The van der Waals surface area contributed by atoms with Crippen molar-refractivity contribution in [3.63, 3.8) is 0 Å². The minimum atomic E-state index is -1.17. The number of hydrogen-bond donors (Lipinski definition) is 0. The van der Waals surface area contributed by atoms with Gasteiger partial charge in [0.05, 0.1) is 6.10 Å². The third kappa shape index (κ3) is 9.74. The minimum absolute atomic E-state index is 0.297. The molecule has 2 heteroatoms. The molecule has 0 aromatic heterocycles. The van der Waals surface area contributed by atoms with E-state index >= 15 is 0 Å². The molecule has 0 saturated carbocycles. The van der Waals surface area contributed by atoms with Gasteiger partial charge in [-0.3, -0.25) is 0 Å². The maximum Gasteiger partial charge on any atom is 0.129 e. The molecule has 0 rings (SSSR count). The average Bonchev–Trinajstić information content (AvgIpc) is 1.78. The van der Waals surface area contributed by atoms with Crippen LogP contribution >= 0.6 is 0 Å². The lowest BCUT2D eigenvalue weighted by molar-refractivity contribution is 0.107. The molecule has 0 heterocycles. The van der Waals surface area contributed by atoms with Crippen LogP contribution in [-0.2, 0) is 4.74 Å². The van der Waals surface area contributed by atoms with E-state index in [2.05, 4.69) is 31.1 Å². The molecule has 0 unspecified atom stereocenters. The first-order valence-electron chi connectivity index (χ1n) is 4.03. The summed E-state index contributed by atoms with van der Waals surface area (Å²) in [6.07, 6.45) is 0.297. The van der Waals surface area contributed by atoms with Gasteiger partial charge in [-0.2, -0.15) is 0 Å². The highest BCUT2D eigenvalue weighted by molar-refractivity contribution is 6.83. The van der Waals surface area contributed by atoms with Crippen molar-refractivity contribution in [2.24, 2.45) is 0 Å². The van der Waals surface area contributed by atoms with Gasteiger partial charge >= 0.3 is 0 Å². The molecule has 64 valence electrons. The summed E-state index contributed by atoms with van der Waals surface area (Å²) in [5, 5.41) is 0. The third-order valence-electron chi connectivity index (χ3n) is 0.952. The fraction of sp³-hybridized carbons (Fsp3) is 0.778. The molecule has 0 aliphatic carbocycles. The van der Waals surface area contributed by atoms with Crippen LogP contribution < -0.4 is 0 Å². The SMILES string of the molecule is CC(C)OCC#C[Si](C)(C)C. The van der Waals surface area contributed by atoms with Crippen LogP contribution in [0.5, 0.6) is 0 Å². The number of ether oxygens (including phenoxy) is 1. The summed E-state index contributed by atoms with van der Waals surface area (Å²) in [4.78, 5) is 0. The van der Waals surface area contributed by atoms with Crippen molar-refractivity contribution in [3.05, 3.63) is 0 Å². The van der Waals surface area contributed by atoms with Gasteiger partial charge in [0.2, 0.25) is 0 Å². The molecule has 0 saturated heterocycles. The Balaban J connectivity index is 3.57. The fourth-order valence-electron chi connectivity index (χ4n) is 0.510. The van der Waals surface area contributed by atoms with E-state index in [9.17, 15) is 0 Å². The Bertz CT molecular complexity index is 157. The highest BCUT2D eigenvalue weighted by atomic mass is 28.3. The van der Waals surface area contributed by atoms with Crippen LogP contribution in [-0.4, -0.2) is 20.8 Å². The molecule has 11 heavy (non-hydrogen) atoms. The van der Waals surface area contributed by atoms with Gasteiger partial charge in [0.1, 0.15) is 14.7 Å². The Morgan fingerprint density at radius 1 is 1.27 bits per heavy atom. The van der Waals surface area contributed by atoms with Crippen molar-refractivity contribution in [1.82, 2.24) is 0 Å². The van der Waals surface area contributed by atoms with E-state index in [0.29, 0.717) is 12.7 Å². The Kier molecular flexibility index (Phi) is 4.47. The Hall–Kier alpha value is -0.263. The van der Waals surface area contributed by atoms with Gasteiger partial charge in [-0.15, -0.1) is 5.54 Å². The van der Waals surface area contributed by atoms with E-state index < -0.39 is 8.07 Å². The standard InChI is InChI=1S/C9H18OSi/c1-9(2)10-7-6-8-11(3,4)5/h9H,7H2,1-5H3. The molecular formula is C9H18OSi. The van der Waals surface area contributed by atoms with Crippen LogP contribution in [0.3, 0.4) is 0 Å². The first-order chi connectivity index (χ1) is 4.92. The minimum Gasteiger partial charge on any atom is -0.366 e. The van der Waals surface area contributed by atoms with Crippen LogP contribution in [0.15, 0.2) is 0 Å². The number of hydrogen-bond acceptors (Lipinski definition) is 1. The molecule has 0 aliphatic heterocycles. The second-order valence-electron chi connectivity index (χ2n) is 3.91. The molecule has 0 amide bonds. The molecule has 0 spiro atoms. The molecule has 0 fully saturated rings. The van der Waals surface area contributed by atoms with Crippen LogP contribution in [0.25, 0.3) is 0 Å². The van der Waals surface area contributed by atoms with E-state index in [1.54, 1.807) is 0 Å². The van der Waals surface area contributed by atoms with Crippen molar-refractivity contribution in [1.29, 1.82) is 0 Å². The lowest BCUT2D eigenvalue weighted by Crippen LogP contribution is -2.16. The van der Waals surface area contributed by atoms with Crippen LogP contribution in [0.1, 0.15) is 13.8 Å². The van der Waals surface area contributed by atoms with E-state index in [1.165, 1.54) is 0 Å². The van der Waals surface area contributed by atoms with Gasteiger partial charge in [-0.25, -0.2) is 0 Å². The molecular weight excluding hydrogens is 152 g/mol. The number of rotatable bonds is 2. The van der Waals surface area contributed by atoms with E-state index in [-0.39, 0.29) is 0 Å². The van der Waals surface area contributed by atoms with E-state index in [0.717, 1.165) is 0 Å². The molecule has 0 radical (unpaired) electrons. The van der Waals surface area contributed by atoms with Crippen LogP contribution in [0, 0.1) is 11.5 Å². The van der Waals surface area contributed by atoms with Crippen molar-refractivity contribution < 1.29 is 4.74 Å². The summed E-state index contributed by atoms with van der Waals surface area (Å²) in [7, 11) is -1.17. The van der Waals surface area contributed by atoms with Gasteiger partial charge in [0.25, 0.3) is 0 Å². The molecule has 0 aromatic carbocycles. The molecule has 0 N–H and O–H groups in total. The second-order valence-corrected chi connectivity index (χ2v) is 8.66. The third-order valence-corrected chi connectivity index (χ3v) is 1.88. The van der Waals surface area contributed by atoms with Crippen LogP contribution in [0.4, 0.5) is 0 Å². The summed E-state index contributed by atoms with van der Waals surface area (Å²) >= 11 is 0. The average molecular weight is 170 g/mol. The zero-order valence-electron chi connectivity index (χ0n) is 8.19. The highest BCUT2D eigenvalue weighted by Crippen LogP contribution is 1.96. The normalized spacial score (nSPS) is 11.1. The van der Waals surface area contributed by atoms with Crippen molar-refractivity contribution in [2.45, 2.75) is 39.6 Å². The Morgan fingerprint density at radius 2 is 1.82 bits per heavy atom. The van der Waals surface area contributed by atoms with Gasteiger partial charge in [-0.05, 0) is 13.8 Å². The summed E-state index contributed by atoms with van der Waals surface area (Å²) in [6, 6.07) is 0. The molecule has 0 aromatic rings. The maximum absolute atomic E-state index is 5.29. The summed E-state index contributed by atoms with van der Waals surface area (Å²) in [5.74, 6) is 3.05. The lowest BCUT2D eigenvalue weighted by Gasteiger charge is -2.05. The van der Waals surface area contributed by atoms with Gasteiger partial charge in [0.15, 0.2) is 0 Å². The Labute approximate surface area is 71.2 Å². The van der Waals surface area contributed by atoms with Crippen molar-refractivity contribution in [3.8, 4) is 11.5 Å². The van der Waals surface area contributed by atoms with Gasteiger partial charge in [-0.1, -0.05) is 25.6 Å². The smallest absolute Gasteiger partial charge is 0.129 e. The van der Waals surface area contributed by atoms with Crippen molar-refractivity contribution in [2.75, 3.05) is 6.61 Å². The predicted molar refractivity (Wildman–Crippen MR) is 52.2 cm³/mol.